The molecule has 1 heterocycles. The molecule has 162 valence electrons. The second-order valence-electron chi connectivity index (χ2n) is 7.54. The molecule has 0 aliphatic carbocycles. The van der Waals surface area contributed by atoms with Crippen molar-refractivity contribution in [2.45, 2.75) is 13.3 Å². The first-order valence-electron chi connectivity index (χ1n) is 9.87. The number of fused-ring (bicyclic) bond motifs is 1. The van der Waals surface area contributed by atoms with E-state index in [9.17, 15) is 17.2 Å². The molecule has 8 heteroatoms. The van der Waals surface area contributed by atoms with Crippen molar-refractivity contribution in [2.75, 3.05) is 37.0 Å². The molecule has 0 fully saturated rings. The number of sulfone groups is 1. The van der Waals surface area contributed by atoms with Gasteiger partial charge in [0, 0.05) is 55.9 Å². The van der Waals surface area contributed by atoms with Crippen molar-refractivity contribution in [3.8, 4) is 0 Å². The minimum Gasteiger partial charge on any atom is -0.355 e. The van der Waals surface area contributed by atoms with Crippen LogP contribution in [0.25, 0.3) is 10.9 Å². The highest BCUT2D eigenvalue weighted by Crippen LogP contribution is 2.26. The highest BCUT2D eigenvalue weighted by Gasteiger charge is 2.11. The van der Waals surface area contributed by atoms with E-state index in [0.29, 0.717) is 12.2 Å². The number of aryl methyl sites for hydroxylation is 1. The second kappa shape index (κ2) is 9.14. The van der Waals surface area contributed by atoms with E-state index in [0.717, 1.165) is 53.9 Å². The van der Waals surface area contributed by atoms with Gasteiger partial charge in [-0.1, -0.05) is 13.0 Å². The van der Waals surface area contributed by atoms with Gasteiger partial charge in [0.05, 0.1) is 11.3 Å². The van der Waals surface area contributed by atoms with Crippen LogP contribution in [-0.4, -0.2) is 49.5 Å². The predicted molar refractivity (Wildman–Crippen MR) is 118 cm³/mol. The monoisotopic (exact) mass is 435 g/mol. The maximum absolute atomic E-state index is 13.4. The average Bonchev–Trinajstić information content (AvgIpc) is 3.00. The summed E-state index contributed by atoms with van der Waals surface area (Å²) in [7, 11) is -0.983. The molecule has 0 radical (unpaired) electrons. The summed E-state index contributed by atoms with van der Waals surface area (Å²) in [6.07, 6.45) is 2.06. The first kappa shape index (κ1) is 22.2. The zero-order valence-electron chi connectivity index (χ0n) is 17.5. The van der Waals surface area contributed by atoms with E-state index in [4.69, 9.17) is 0 Å². The van der Waals surface area contributed by atoms with Crippen molar-refractivity contribution in [3.05, 3.63) is 59.8 Å². The minimum absolute atomic E-state index is 0.162. The molecule has 3 rings (SSSR count). The zero-order valence-corrected chi connectivity index (χ0v) is 18.3. The number of nitrogens with zero attached hydrogens (tertiary/aromatic N) is 2. The predicted octanol–water partition coefficient (Wildman–Crippen LogP) is 4.11. The van der Waals surface area contributed by atoms with Crippen molar-refractivity contribution in [2.24, 2.45) is 7.05 Å². The third kappa shape index (κ3) is 5.58. The molecule has 1 N–H and O–H groups in total. The van der Waals surface area contributed by atoms with Gasteiger partial charge in [-0.05, 0) is 42.3 Å². The molecular formula is C22H27F2N3O2S. The number of hydrogen-bond acceptors (Lipinski definition) is 4. The summed E-state index contributed by atoms with van der Waals surface area (Å²) in [6.45, 7) is 4.12. The third-order valence-electron chi connectivity index (χ3n) is 5.26. The van der Waals surface area contributed by atoms with Gasteiger partial charge in [0.1, 0.15) is 9.84 Å². The van der Waals surface area contributed by atoms with Crippen LogP contribution in [0.4, 0.5) is 20.2 Å². The molecule has 0 unspecified atom stereocenters. The lowest BCUT2D eigenvalue weighted by Gasteiger charge is -2.20. The Balaban J connectivity index is 1.73. The van der Waals surface area contributed by atoms with Crippen LogP contribution in [0, 0.1) is 11.6 Å². The van der Waals surface area contributed by atoms with Crippen LogP contribution in [0.5, 0.6) is 0 Å². The van der Waals surface area contributed by atoms with Crippen LogP contribution in [0.2, 0.25) is 0 Å². The van der Waals surface area contributed by atoms with Crippen molar-refractivity contribution in [1.82, 2.24) is 9.47 Å². The van der Waals surface area contributed by atoms with Crippen molar-refractivity contribution < 1.29 is 17.2 Å². The quantitative estimate of drug-likeness (QED) is 0.550. The SMILES string of the molecule is CCN(CCc1cc2ccc(Nc3ccc(F)c(F)c3)cc2n1C)CCS(C)(=O)=O. The first-order valence-corrected chi connectivity index (χ1v) is 11.9. The Morgan fingerprint density at radius 1 is 1.00 bits per heavy atom. The van der Waals surface area contributed by atoms with Crippen molar-refractivity contribution in [1.29, 1.82) is 0 Å². The molecule has 0 amide bonds. The van der Waals surface area contributed by atoms with Gasteiger partial charge >= 0.3 is 0 Å². The fraction of sp³-hybridized carbons (Fsp3) is 0.364. The van der Waals surface area contributed by atoms with Gasteiger partial charge in [-0.3, -0.25) is 0 Å². The lowest BCUT2D eigenvalue weighted by atomic mass is 10.2. The van der Waals surface area contributed by atoms with Crippen LogP contribution in [0.1, 0.15) is 12.6 Å². The Hall–Kier alpha value is -2.45. The van der Waals surface area contributed by atoms with E-state index in [1.165, 1.54) is 12.3 Å². The number of rotatable bonds is 9. The largest absolute Gasteiger partial charge is 0.355 e. The van der Waals surface area contributed by atoms with Crippen LogP contribution >= 0.6 is 0 Å². The molecule has 5 nitrogen and oxygen atoms in total. The van der Waals surface area contributed by atoms with E-state index in [2.05, 4.69) is 20.9 Å². The standard InChI is InChI=1S/C22H27F2N3O2S/c1-4-27(11-12-30(3,28)29)10-9-19-13-16-5-6-18(15-22(16)26(19)2)25-17-7-8-20(23)21(24)14-17/h5-8,13-15,25H,4,9-12H2,1-3H3. The molecule has 2 aromatic carbocycles. The van der Waals surface area contributed by atoms with E-state index >= 15 is 0 Å². The van der Waals surface area contributed by atoms with Gasteiger partial charge in [-0.15, -0.1) is 0 Å². The zero-order chi connectivity index (χ0) is 21.9. The summed E-state index contributed by atoms with van der Waals surface area (Å²) < 4.78 is 51.5. The van der Waals surface area contributed by atoms with Crippen LogP contribution < -0.4 is 5.32 Å². The number of halogens is 2. The molecule has 0 spiro atoms. The molecule has 3 aromatic rings. The number of likely N-dealkylation sites (N-methyl/N-ethyl adjacent to an activating group) is 1. The molecule has 0 saturated heterocycles. The van der Waals surface area contributed by atoms with E-state index in [1.54, 1.807) is 0 Å². The van der Waals surface area contributed by atoms with Gasteiger partial charge in [0.2, 0.25) is 0 Å². The second-order valence-corrected chi connectivity index (χ2v) is 9.80. The lowest BCUT2D eigenvalue weighted by Crippen LogP contribution is -2.31. The fourth-order valence-corrected chi connectivity index (χ4v) is 4.03. The summed E-state index contributed by atoms with van der Waals surface area (Å²) in [5, 5.41) is 4.19. The van der Waals surface area contributed by atoms with Gasteiger partial charge in [-0.2, -0.15) is 0 Å². The molecule has 0 atom stereocenters. The normalized spacial score (nSPS) is 12.1. The topological polar surface area (TPSA) is 54.3 Å². The molecule has 0 bridgehead atoms. The number of hydrogen-bond donors (Lipinski definition) is 1. The van der Waals surface area contributed by atoms with Crippen molar-refractivity contribution in [3.63, 3.8) is 0 Å². The van der Waals surface area contributed by atoms with Gasteiger partial charge < -0.3 is 14.8 Å². The Morgan fingerprint density at radius 2 is 1.70 bits per heavy atom. The summed E-state index contributed by atoms with van der Waals surface area (Å²) in [6, 6.07) is 11.7. The highest BCUT2D eigenvalue weighted by molar-refractivity contribution is 7.90. The van der Waals surface area contributed by atoms with Gasteiger partial charge in [-0.25, -0.2) is 17.2 Å². The average molecular weight is 436 g/mol. The Bertz CT molecular complexity index is 1140. The number of anilines is 2. The highest BCUT2D eigenvalue weighted by atomic mass is 32.2. The maximum atomic E-state index is 13.4. The summed E-state index contributed by atoms with van der Waals surface area (Å²) in [5.41, 5.74) is 3.43. The number of aromatic nitrogens is 1. The summed E-state index contributed by atoms with van der Waals surface area (Å²) in [5.74, 6) is -1.60. The van der Waals surface area contributed by atoms with Crippen LogP contribution in [0.15, 0.2) is 42.5 Å². The first-order chi connectivity index (χ1) is 14.2. The summed E-state index contributed by atoms with van der Waals surface area (Å²) in [4.78, 5) is 2.13. The molecule has 1 aromatic heterocycles. The number of benzene rings is 2. The Labute approximate surface area is 176 Å². The molecular weight excluding hydrogens is 408 g/mol. The number of nitrogens with one attached hydrogen (secondary N) is 1. The Kier molecular flexibility index (Phi) is 6.77. The summed E-state index contributed by atoms with van der Waals surface area (Å²) >= 11 is 0. The lowest BCUT2D eigenvalue weighted by molar-refractivity contribution is 0.307. The maximum Gasteiger partial charge on any atom is 0.160 e. The fourth-order valence-electron chi connectivity index (χ4n) is 3.44. The van der Waals surface area contributed by atoms with E-state index in [1.807, 2.05) is 32.2 Å². The Morgan fingerprint density at radius 3 is 2.37 bits per heavy atom. The van der Waals surface area contributed by atoms with Crippen LogP contribution in [0.3, 0.4) is 0 Å². The third-order valence-corrected chi connectivity index (χ3v) is 6.19. The molecule has 0 aliphatic heterocycles. The van der Waals surface area contributed by atoms with Crippen molar-refractivity contribution >= 4 is 32.1 Å². The van der Waals surface area contributed by atoms with Gasteiger partial charge in [0.25, 0.3) is 0 Å². The van der Waals surface area contributed by atoms with E-state index in [-0.39, 0.29) is 5.75 Å². The molecule has 0 saturated carbocycles. The van der Waals surface area contributed by atoms with Crippen LogP contribution in [-0.2, 0) is 23.3 Å². The van der Waals surface area contributed by atoms with Gasteiger partial charge in [0.15, 0.2) is 11.6 Å². The molecule has 0 aliphatic rings. The minimum atomic E-state index is -2.97. The molecule has 30 heavy (non-hydrogen) atoms. The smallest absolute Gasteiger partial charge is 0.160 e. The van der Waals surface area contributed by atoms with E-state index < -0.39 is 21.5 Å².